The molecule has 1 aromatic heterocycles. The molecule has 1 saturated carbocycles. The molecule has 2 rings (SSSR count). The number of aromatic nitrogens is 2. The van der Waals surface area contributed by atoms with Crippen molar-refractivity contribution in [3.8, 4) is 0 Å². The molecule has 0 amide bonds. The van der Waals surface area contributed by atoms with Gasteiger partial charge in [0, 0.05) is 0 Å². The molecule has 17 heavy (non-hydrogen) atoms. The molecular formula is C12H21N3OS. The number of rotatable bonds is 4. The van der Waals surface area contributed by atoms with Gasteiger partial charge in [0.1, 0.15) is 0 Å². The summed E-state index contributed by atoms with van der Waals surface area (Å²) in [6.07, 6.45) is 5.52. The molecular weight excluding hydrogens is 234 g/mol. The molecule has 0 saturated heterocycles. The average Bonchev–Trinajstić information content (AvgIpc) is 2.76. The third-order valence-corrected chi connectivity index (χ3v) is 4.28. The lowest BCUT2D eigenvalue weighted by atomic mass is 9.82. The minimum absolute atomic E-state index is 0.369. The van der Waals surface area contributed by atoms with Gasteiger partial charge in [-0.25, -0.2) is 0 Å². The predicted molar refractivity (Wildman–Crippen MR) is 69.7 cm³/mol. The molecule has 1 aliphatic rings. The highest BCUT2D eigenvalue weighted by atomic mass is 32.2. The summed E-state index contributed by atoms with van der Waals surface area (Å²) >= 11 is 1.82. The molecule has 96 valence electrons. The van der Waals surface area contributed by atoms with Crippen LogP contribution in [0.4, 0.5) is 0 Å². The van der Waals surface area contributed by atoms with Gasteiger partial charge in [0.2, 0.25) is 5.89 Å². The zero-order valence-corrected chi connectivity index (χ0v) is 11.4. The maximum atomic E-state index is 6.35. The van der Waals surface area contributed by atoms with E-state index in [1.807, 2.05) is 11.8 Å². The molecule has 0 atom stereocenters. The monoisotopic (exact) mass is 255 g/mol. The zero-order valence-electron chi connectivity index (χ0n) is 10.6. The van der Waals surface area contributed by atoms with Gasteiger partial charge in [-0.1, -0.05) is 38.3 Å². The van der Waals surface area contributed by atoms with Gasteiger partial charge in [0.15, 0.2) is 5.82 Å². The lowest BCUT2D eigenvalue weighted by molar-refractivity contribution is 0.219. The molecule has 4 nitrogen and oxygen atoms in total. The molecule has 0 aromatic carbocycles. The van der Waals surface area contributed by atoms with Crippen LogP contribution in [0.3, 0.4) is 0 Å². The van der Waals surface area contributed by atoms with Gasteiger partial charge < -0.3 is 10.3 Å². The number of nitrogens with zero attached hydrogens (tertiary/aromatic N) is 2. The van der Waals surface area contributed by atoms with E-state index in [1.165, 1.54) is 6.42 Å². The molecule has 1 aliphatic carbocycles. The van der Waals surface area contributed by atoms with Crippen molar-refractivity contribution in [3.63, 3.8) is 0 Å². The molecule has 0 bridgehead atoms. The van der Waals surface area contributed by atoms with Crippen molar-refractivity contribution in [1.29, 1.82) is 0 Å². The third kappa shape index (κ3) is 3.22. The quantitative estimate of drug-likeness (QED) is 0.896. The minimum atomic E-state index is -0.369. The summed E-state index contributed by atoms with van der Waals surface area (Å²) in [4.78, 5) is 4.45. The molecule has 1 aromatic rings. The van der Waals surface area contributed by atoms with Gasteiger partial charge in [-0.3, -0.25) is 0 Å². The zero-order chi connectivity index (χ0) is 12.3. The van der Waals surface area contributed by atoms with E-state index in [9.17, 15) is 0 Å². The fraction of sp³-hybridized carbons (Fsp3) is 0.833. The molecule has 5 heteroatoms. The normalized spacial score (nSPS) is 19.8. The van der Waals surface area contributed by atoms with E-state index >= 15 is 0 Å². The molecule has 1 fully saturated rings. The fourth-order valence-corrected chi connectivity index (χ4v) is 2.75. The van der Waals surface area contributed by atoms with E-state index in [4.69, 9.17) is 10.3 Å². The lowest BCUT2D eigenvalue weighted by Gasteiger charge is -2.29. The summed E-state index contributed by atoms with van der Waals surface area (Å²) in [5.41, 5.74) is 5.98. The Balaban J connectivity index is 2.01. The Bertz CT molecular complexity index is 358. The molecule has 0 aliphatic heterocycles. The van der Waals surface area contributed by atoms with Gasteiger partial charge in [-0.2, -0.15) is 16.7 Å². The Morgan fingerprint density at radius 1 is 1.35 bits per heavy atom. The second-order valence-electron chi connectivity index (χ2n) is 5.09. The highest BCUT2D eigenvalue weighted by Crippen LogP contribution is 2.33. The Morgan fingerprint density at radius 2 is 2.06 bits per heavy atom. The SMILES string of the molecule is CC(C)SCc1noc(C2(N)CCCCC2)n1. The average molecular weight is 255 g/mol. The van der Waals surface area contributed by atoms with Crippen LogP contribution in [0.1, 0.15) is 57.7 Å². The van der Waals surface area contributed by atoms with E-state index < -0.39 is 0 Å². The van der Waals surface area contributed by atoms with E-state index in [-0.39, 0.29) is 5.54 Å². The second kappa shape index (κ2) is 5.40. The van der Waals surface area contributed by atoms with E-state index in [0.717, 1.165) is 37.3 Å². The first-order valence-electron chi connectivity index (χ1n) is 6.34. The van der Waals surface area contributed by atoms with Crippen LogP contribution < -0.4 is 5.73 Å². The topological polar surface area (TPSA) is 64.9 Å². The Kier molecular flexibility index (Phi) is 4.09. The summed E-state index contributed by atoms with van der Waals surface area (Å²) in [6, 6.07) is 0. The van der Waals surface area contributed by atoms with Crippen LogP contribution in [-0.4, -0.2) is 15.4 Å². The Morgan fingerprint density at radius 3 is 2.71 bits per heavy atom. The van der Waals surface area contributed by atoms with Crippen LogP contribution in [0, 0.1) is 0 Å². The number of hydrogen-bond acceptors (Lipinski definition) is 5. The van der Waals surface area contributed by atoms with Gasteiger partial charge in [-0.05, 0) is 18.1 Å². The van der Waals surface area contributed by atoms with Crippen molar-refractivity contribution in [2.24, 2.45) is 5.73 Å². The molecule has 2 N–H and O–H groups in total. The summed E-state index contributed by atoms with van der Waals surface area (Å²) < 4.78 is 5.34. The maximum absolute atomic E-state index is 6.35. The maximum Gasteiger partial charge on any atom is 0.246 e. The first kappa shape index (κ1) is 12.9. The molecule has 0 spiro atoms. The van der Waals surface area contributed by atoms with Crippen molar-refractivity contribution in [2.75, 3.05) is 0 Å². The van der Waals surface area contributed by atoms with Crippen LogP contribution in [0.2, 0.25) is 0 Å². The third-order valence-electron chi connectivity index (χ3n) is 3.19. The first-order valence-corrected chi connectivity index (χ1v) is 7.38. The van der Waals surface area contributed by atoms with Gasteiger partial charge in [0.25, 0.3) is 0 Å². The first-order chi connectivity index (χ1) is 8.10. The van der Waals surface area contributed by atoms with Crippen molar-refractivity contribution in [2.45, 2.75) is 62.5 Å². The van der Waals surface area contributed by atoms with E-state index in [2.05, 4.69) is 24.0 Å². The van der Waals surface area contributed by atoms with Gasteiger partial charge in [0.05, 0.1) is 11.3 Å². The van der Waals surface area contributed by atoms with E-state index in [1.54, 1.807) is 0 Å². The summed E-state index contributed by atoms with van der Waals surface area (Å²) in [5.74, 6) is 2.21. The number of nitrogens with two attached hydrogens (primary N) is 1. The molecule has 0 radical (unpaired) electrons. The smallest absolute Gasteiger partial charge is 0.246 e. The van der Waals surface area contributed by atoms with Gasteiger partial charge >= 0.3 is 0 Å². The van der Waals surface area contributed by atoms with Crippen molar-refractivity contribution in [1.82, 2.24) is 10.1 Å². The summed E-state index contributed by atoms with van der Waals surface area (Å²) in [5, 5.41) is 4.60. The number of hydrogen-bond donors (Lipinski definition) is 1. The Labute approximate surface area is 107 Å². The molecule has 1 heterocycles. The van der Waals surface area contributed by atoms with Gasteiger partial charge in [-0.15, -0.1) is 0 Å². The highest BCUT2D eigenvalue weighted by Gasteiger charge is 2.35. The number of thioether (sulfide) groups is 1. The molecule has 0 unspecified atom stereocenters. The summed E-state index contributed by atoms with van der Waals surface area (Å²) in [7, 11) is 0. The van der Waals surface area contributed by atoms with Crippen LogP contribution in [0.15, 0.2) is 4.52 Å². The lowest BCUT2D eigenvalue weighted by Crippen LogP contribution is -2.39. The van der Waals surface area contributed by atoms with Crippen molar-refractivity contribution >= 4 is 11.8 Å². The van der Waals surface area contributed by atoms with Crippen LogP contribution >= 0.6 is 11.8 Å². The van der Waals surface area contributed by atoms with Crippen LogP contribution in [-0.2, 0) is 11.3 Å². The summed E-state index contributed by atoms with van der Waals surface area (Å²) in [6.45, 7) is 4.33. The largest absolute Gasteiger partial charge is 0.337 e. The predicted octanol–water partition coefficient (Wildman–Crippen LogP) is 2.83. The van der Waals surface area contributed by atoms with E-state index in [0.29, 0.717) is 11.1 Å². The highest BCUT2D eigenvalue weighted by molar-refractivity contribution is 7.99. The van der Waals surface area contributed by atoms with Crippen LogP contribution in [0.25, 0.3) is 0 Å². The minimum Gasteiger partial charge on any atom is -0.337 e. The standard InChI is InChI=1S/C12H21N3OS/c1-9(2)17-8-10-14-11(16-15-10)12(13)6-4-3-5-7-12/h9H,3-8,13H2,1-2H3. The van der Waals surface area contributed by atoms with Crippen molar-refractivity contribution < 1.29 is 4.52 Å². The Hall–Kier alpha value is -0.550. The fourth-order valence-electron chi connectivity index (χ4n) is 2.15. The second-order valence-corrected chi connectivity index (χ2v) is 6.66. The van der Waals surface area contributed by atoms with Crippen LogP contribution in [0.5, 0.6) is 0 Å². The van der Waals surface area contributed by atoms with Crippen molar-refractivity contribution in [3.05, 3.63) is 11.7 Å².